The lowest BCUT2D eigenvalue weighted by Crippen LogP contribution is -2.74. The lowest BCUT2D eigenvalue weighted by Gasteiger charge is -2.40. The van der Waals surface area contributed by atoms with Crippen molar-refractivity contribution in [3.8, 4) is 0 Å². The van der Waals surface area contributed by atoms with Crippen LogP contribution in [-0.4, -0.2) is 47.6 Å². The molecule has 0 spiro atoms. The Morgan fingerprint density at radius 3 is 1.08 bits per heavy atom. The maximum absolute atomic E-state index is 13.0. The summed E-state index contributed by atoms with van der Waals surface area (Å²) in [6.07, 6.45) is -7.68. The van der Waals surface area contributed by atoms with E-state index in [2.05, 4.69) is 5.84 Å². The van der Waals surface area contributed by atoms with Crippen molar-refractivity contribution in [2.45, 2.75) is 41.7 Å². The fraction of sp³-hybridized carbons (Fsp3) is 0.875. The van der Waals surface area contributed by atoms with Gasteiger partial charge in [0.15, 0.2) is 0 Å². The smallest absolute Gasteiger partial charge is 0.289 e. The molecule has 0 aliphatic heterocycles. The first-order chi connectivity index (χ1) is 11.0. The summed E-state index contributed by atoms with van der Waals surface area (Å²) in [7, 11) is 0. The molecule has 0 unspecified atom stereocenters. The molecule has 0 aromatic carbocycles. The molecule has 3 nitrogen and oxygen atoms in total. The van der Waals surface area contributed by atoms with Crippen molar-refractivity contribution >= 4 is 5.91 Å². The molecule has 0 fully saturated rings. The zero-order chi connectivity index (χ0) is 21.8. The molecule has 0 bridgehead atoms. The summed E-state index contributed by atoms with van der Waals surface area (Å²) >= 11 is 0. The molecule has 0 rings (SSSR count). The van der Waals surface area contributed by atoms with Crippen molar-refractivity contribution in [2.75, 3.05) is 0 Å². The minimum Gasteiger partial charge on any atom is -0.289 e. The first kappa shape index (κ1) is 24.4. The average molecular weight is 428 g/mol. The molecule has 26 heavy (non-hydrogen) atoms. The zero-order valence-corrected chi connectivity index (χ0v) is 11.2. The van der Waals surface area contributed by atoms with Gasteiger partial charge in [0.25, 0.3) is 0 Å². The number of hydrazine groups is 1. The number of nitrogens with two attached hydrogens (primary N) is 1. The normalized spacial score (nSPS) is 15.8. The Morgan fingerprint density at radius 2 is 0.808 bits per heavy atom. The van der Waals surface area contributed by atoms with Crippen molar-refractivity contribution < 1.29 is 70.7 Å². The molecule has 0 aromatic rings. The maximum Gasteiger partial charge on any atom is 0.460 e. The number of nitrogens with one attached hydrogen (secondary N) is 1. The Hall–Kier alpha value is -1.62. The van der Waals surface area contributed by atoms with Gasteiger partial charge in [-0.3, -0.25) is 10.2 Å². The monoisotopic (exact) mass is 428 g/mol. The maximum atomic E-state index is 13.0. The van der Waals surface area contributed by atoms with E-state index in [4.69, 9.17) is 0 Å². The van der Waals surface area contributed by atoms with Gasteiger partial charge in [-0.2, -0.15) is 65.9 Å². The highest BCUT2D eigenvalue weighted by Gasteiger charge is 2.94. The van der Waals surface area contributed by atoms with Gasteiger partial charge in [-0.1, -0.05) is 0 Å². The third kappa shape index (κ3) is 2.81. The summed E-state index contributed by atoms with van der Waals surface area (Å²) in [5.41, 5.74) is 0.0653. The van der Waals surface area contributed by atoms with Crippen LogP contribution in [0.25, 0.3) is 0 Å². The Labute approximate surface area is 131 Å². The summed E-state index contributed by atoms with van der Waals surface area (Å²) in [6, 6.07) is 0. The second-order valence-electron chi connectivity index (χ2n) is 4.42. The van der Waals surface area contributed by atoms with Crippen molar-refractivity contribution in [3.63, 3.8) is 0 Å². The van der Waals surface area contributed by atoms with Gasteiger partial charge in [0.1, 0.15) is 0 Å². The number of hydrogen-bond donors (Lipinski definition) is 2. The topological polar surface area (TPSA) is 55.1 Å². The first-order valence-electron chi connectivity index (χ1n) is 5.33. The van der Waals surface area contributed by atoms with Crippen LogP contribution in [0.5, 0.6) is 0 Å². The highest BCUT2D eigenvalue weighted by atomic mass is 19.4. The quantitative estimate of drug-likeness (QED) is 0.295. The van der Waals surface area contributed by atoms with Crippen LogP contribution < -0.4 is 11.3 Å². The van der Waals surface area contributed by atoms with Crippen LogP contribution in [0, 0.1) is 0 Å². The third-order valence-corrected chi connectivity index (χ3v) is 2.74. The van der Waals surface area contributed by atoms with Crippen molar-refractivity contribution in [1.82, 2.24) is 5.43 Å². The van der Waals surface area contributed by atoms with E-state index in [0.29, 0.717) is 0 Å². The SMILES string of the molecule is NNC(=O)C(F)(F)C(F)(F)C(F)(F)C(F)(F)C(F)(F)C(F)(F)C(F)(F)F. The number of amides is 1. The van der Waals surface area contributed by atoms with E-state index in [0.717, 1.165) is 0 Å². The van der Waals surface area contributed by atoms with E-state index >= 15 is 0 Å². The summed E-state index contributed by atoms with van der Waals surface area (Å²) in [5.74, 6) is -47.9. The van der Waals surface area contributed by atoms with Crippen LogP contribution in [0.4, 0.5) is 65.9 Å². The molecule has 0 saturated carbocycles. The lowest BCUT2D eigenvalue weighted by atomic mass is 9.91. The molecule has 0 aliphatic carbocycles. The molecule has 0 heterocycles. The minimum atomic E-state index is -8.43. The molecule has 0 radical (unpaired) electrons. The molecule has 0 atom stereocenters. The fourth-order valence-electron chi connectivity index (χ4n) is 1.20. The highest BCUT2D eigenvalue weighted by molar-refractivity contribution is 5.84. The number of halogens is 15. The Morgan fingerprint density at radius 1 is 0.538 bits per heavy atom. The Balaban J connectivity index is 6.56. The summed E-state index contributed by atoms with van der Waals surface area (Å²) in [4.78, 5) is 10.3. The number of hydrogen-bond acceptors (Lipinski definition) is 2. The minimum absolute atomic E-state index is 0.0653. The predicted molar refractivity (Wildman–Crippen MR) is 48.1 cm³/mol. The van der Waals surface area contributed by atoms with Crippen molar-refractivity contribution in [2.24, 2.45) is 5.84 Å². The number of rotatable bonds is 6. The van der Waals surface area contributed by atoms with Crippen LogP contribution in [0.1, 0.15) is 0 Å². The summed E-state index contributed by atoms with van der Waals surface area (Å²) in [6.45, 7) is 0. The average Bonchev–Trinajstić information content (AvgIpc) is 2.43. The number of carbonyl (C=O) groups excluding carboxylic acids is 1. The largest absolute Gasteiger partial charge is 0.460 e. The van der Waals surface area contributed by atoms with E-state index in [1.165, 1.54) is 0 Å². The Kier molecular flexibility index (Phi) is 5.58. The van der Waals surface area contributed by atoms with Gasteiger partial charge in [-0.05, 0) is 0 Å². The van der Waals surface area contributed by atoms with Crippen LogP contribution in [0.15, 0.2) is 0 Å². The van der Waals surface area contributed by atoms with Gasteiger partial charge in [0, 0.05) is 0 Å². The molecule has 1 amide bonds. The zero-order valence-electron chi connectivity index (χ0n) is 11.2. The Bertz CT molecular complexity index is 550. The summed E-state index contributed by atoms with van der Waals surface area (Å²) in [5, 5.41) is 0. The van der Waals surface area contributed by atoms with Crippen LogP contribution >= 0.6 is 0 Å². The molecule has 18 heteroatoms. The second-order valence-corrected chi connectivity index (χ2v) is 4.42. The standard InChI is InChI=1S/C8H3F15N2O/c9-2(10,1(26)25-24)3(11,12)4(13,14)5(15,16)6(17,18)7(19,20)8(21,22)23/h24H2,(H,25,26). The van der Waals surface area contributed by atoms with E-state index in [1.807, 2.05) is 0 Å². The van der Waals surface area contributed by atoms with E-state index in [9.17, 15) is 70.7 Å². The van der Waals surface area contributed by atoms with Gasteiger partial charge in [-0.15, -0.1) is 0 Å². The molecule has 3 N–H and O–H groups in total. The molecule has 0 saturated heterocycles. The van der Waals surface area contributed by atoms with E-state index in [1.54, 1.807) is 0 Å². The van der Waals surface area contributed by atoms with Gasteiger partial charge in [0.2, 0.25) is 0 Å². The third-order valence-electron chi connectivity index (χ3n) is 2.74. The van der Waals surface area contributed by atoms with Crippen molar-refractivity contribution in [1.29, 1.82) is 0 Å². The number of alkyl halides is 15. The van der Waals surface area contributed by atoms with Gasteiger partial charge in [-0.25, -0.2) is 5.84 Å². The van der Waals surface area contributed by atoms with E-state index < -0.39 is 47.6 Å². The highest BCUT2D eigenvalue weighted by Crippen LogP contribution is 2.62. The second kappa shape index (κ2) is 5.95. The predicted octanol–water partition coefficient (Wildman–Crippen LogP) is 3.35. The van der Waals surface area contributed by atoms with Crippen LogP contribution in [0.3, 0.4) is 0 Å². The molecule has 0 aliphatic rings. The molecule has 156 valence electrons. The van der Waals surface area contributed by atoms with Crippen LogP contribution in [-0.2, 0) is 4.79 Å². The molecule has 0 aromatic heterocycles. The van der Waals surface area contributed by atoms with Gasteiger partial charge < -0.3 is 0 Å². The lowest BCUT2D eigenvalue weighted by molar-refractivity contribution is -0.449. The fourth-order valence-corrected chi connectivity index (χ4v) is 1.20. The number of carbonyl (C=O) groups is 1. The van der Waals surface area contributed by atoms with Crippen molar-refractivity contribution in [3.05, 3.63) is 0 Å². The summed E-state index contributed by atoms with van der Waals surface area (Å²) < 4.78 is 189. The molecular weight excluding hydrogens is 425 g/mol. The van der Waals surface area contributed by atoms with Crippen LogP contribution in [0.2, 0.25) is 0 Å². The van der Waals surface area contributed by atoms with Gasteiger partial charge in [0.05, 0.1) is 0 Å². The van der Waals surface area contributed by atoms with E-state index in [-0.39, 0.29) is 5.43 Å². The first-order valence-corrected chi connectivity index (χ1v) is 5.33. The van der Waals surface area contributed by atoms with Gasteiger partial charge >= 0.3 is 47.6 Å². The molecular formula is C8H3F15N2O.